The van der Waals surface area contributed by atoms with Crippen LogP contribution in [0, 0.1) is 13.8 Å². The molecule has 0 fully saturated rings. The van der Waals surface area contributed by atoms with Crippen LogP contribution >= 0.6 is 11.8 Å². The number of anilines is 1. The molecule has 27 heavy (non-hydrogen) atoms. The van der Waals surface area contributed by atoms with E-state index in [1.165, 1.54) is 17.3 Å². The highest BCUT2D eigenvalue weighted by Crippen LogP contribution is 2.29. The first-order chi connectivity index (χ1) is 13.1. The highest BCUT2D eigenvalue weighted by atomic mass is 32.2. The summed E-state index contributed by atoms with van der Waals surface area (Å²) in [7, 11) is 0. The summed E-state index contributed by atoms with van der Waals surface area (Å²) in [5.74, 6) is 0.516. The fourth-order valence-corrected chi connectivity index (χ4v) is 3.33. The van der Waals surface area contributed by atoms with Crippen LogP contribution in [0.3, 0.4) is 0 Å². The van der Waals surface area contributed by atoms with Gasteiger partial charge < -0.3 is 14.7 Å². The zero-order valence-electron chi connectivity index (χ0n) is 14.9. The van der Waals surface area contributed by atoms with E-state index in [2.05, 4.69) is 20.5 Å². The molecule has 0 saturated carbocycles. The molecule has 7 heteroatoms. The molecule has 0 radical (unpaired) electrons. The van der Waals surface area contributed by atoms with Gasteiger partial charge in [0, 0.05) is 22.8 Å². The number of nitrogens with zero attached hydrogens (tertiary/aromatic N) is 2. The van der Waals surface area contributed by atoms with Crippen molar-refractivity contribution in [3.8, 4) is 11.5 Å². The fourth-order valence-electron chi connectivity index (χ4n) is 2.77. The van der Waals surface area contributed by atoms with Gasteiger partial charge in [-0.3, -0.25) is 4.79 Å². The van der Waals surface area contributed by atoms with Crippen LogP contribution in [0.5, 0.6) is 0 Å². The van der Waals surface area contributed by atoms with Crippen LogP contribution < -0.4 is 5.32 Å². The Bertz CT molecular complexity index is 1120. The van der Waals surface area contributed by atoms with E-state index in [-0.39, 0.29) is 11.7 Å². The first-order valence-electron chi connectivity index (χ1n) is 8.50. The average Bonchev–Trinajstić information content (AvgIpc) is 3.29. The largest absolute Gasteiger partial charge is 0.411 e. The predicted molar refractivity (Wildman–Crippen MR) is 107 cm³/mol. The Kier molecular flexibility index (Phi) is 4.68. The maximum absolute atomic E-state index is 12.2. The second-order valence-corrected chi connectivity index (χ2v) is 7.18. The van der Waals surface area contributed by atoms with Gasteiger partial charge >= 0.3 is 0 Å². The third-order valence-electron chi connectivity index (χ3n) is 4.34. The number of hydrogen-bond acceptors (Lipinski definition) is 5. The van der Waals surface area contributed by atoms with Crippen LogP contribution in [0.25, 0.3) is 22.4 Å². The number of rotatable bonds is 5. The van der Waals surface area contributed by atoms with E-state index in [9.17, 15) is 4.79 Å². The molecule has 0 spiro atoms. The summed E-state index contributed by atoms with van der Waals surface area (Å²) < 4.78 is 5.71. The van der Waals surface area contributed by atoms with Crippen LogP contribution in [0.1, 0.15) is 11.1 Å². The number of aryl methyl sites for hydroxylation is 2. The number of carbonyl (C=O) groups excluding carboxylic acids is 1. The number of thioether (sulfide) groups is 1. The van der Waals surface area contributed by atoms with Crippen molar-refractivity contribution in [1.82, 2.24) is 15.2 Å². The zero-order valence-corrected chi connectivity index (χ0v) is 15.8. The molecule has 4 aromatic rings. The molecule has 0 aliphatic rings. The number of carbonyl (C=O) groups is 1. The normalized spacial score (nSPS) is 11.0. The lowest BCUT2D eigenvalue weighted by Crippen LogP contribution is -2.14. The molecular formula is C20H18N4O2S. The molecule has 4 rings (SSSR count). The molecule has 2 aromatic carbocycles. The van der Waals surface area contributed by atoms with Gasteiger partial charge in [0.25, 0.3) is 11.1 Å². The molecular weight excluding hydrogens is 360 g/mol. The lowest BCUT2D eigenvalue weighted by Gasteiger charge is -2.06. The smallest absolute Gasteiger partial charge is 0.277 e. The summed E-state index contributed by atoms with van der Waals surface area (Å²) in [4.78, 5) is 15.3. The van der Waals surface area contributed by atoms with Crippen molar-refractivity contribution in [1.29, 1.82) is 0 Å². The van der Waals surface area contributed by atoms with E-state index in [4.69, 9.17) is 4.42 Å². The molecule has 2 aromatic heterocycles. The van der Waals surface area contributed by atoms with Crippen LogP contribution in [0.15, 0.2) is 58.3 Å². The number of aromatic nitrogens is 3. The van der Waals surface area contributed by atoms with Crippen LogP contribution in [0.2, 0.25) is 0 Å². The van der Waals surface area contributed by atoms with Gasteiger partial charge in [0.05, 0.1) is 11.3 Å². The van der Waals surface area contributed by atoms with E-state index >= 15 is 0 Å². The highest BCUT2D eigenvalue weighted by Gasteiger charge is 2.14. The Balaban J connectivity index is 1.41. The molecule has 136 valence electrons. The van der Waals surface area contributed by atoms with Gasteiger partial charge in [-0.25, -0.2) is 0 Å². The maximum atomic E-state index is 12.2. The summed E-state index contributed by atoms with van der Waals surface area (Å²) in [5, 5.41) is 12.4. The zero-order chi connectivity index (χ0) is 18.8. The van der Waals surface area contributed by atoms with Gasteiger partial charge in [-0.1, -0.05) is 36.0 Å². The molecule has 0 aliphatic carbocycles. The summed E-state index contributed by atoms with van der Waals surface area (Å²) >= 11 is 1.22. The van der Waals surface area contributed by atoms with E-state index in [0.717, 1.165) is 27.7 Å². The first kappa shape index (κ1) is 17.4. The Hall–Kier alpha value is -3.06. The molecule has 0 saturated heterocycles. The average molecular weight is 378 g/mol. The van der Waals surface area contributed by atoms with Crippen molar-refractivity contribution in [2.45, 2.75) is 19.1 Å². The number of fused-ring (bicyclic) bond motifs is 1. The summed E-state index contributed by atoms with van der Waals surface area (Å²) in [6.45, 7) is 4.06. The van der Waals surface area contributed by atoms with Crippen molar-refractivity contribution in [3.05, 3.63) is 59.8 Å². The molecule has 6 nitrogen and oxygen atoms in total. The Morgan fingerprint density at radius 3 is 2.85 bits per heavy atom. The Morgan fingerprint density at radius 2 is 2.00 bits per heavy atom. The van der Waals surface area contributed by atoms with E-state index < -0.39 is 0 Å². The molecule has 1 amide bonds. The van der Waals surface area contributed by atoms with E-state index in [1.54, 1.807) is 0 Å². The van der Waals surface area contributed by atoms with Crippen molar-refractivity contribution in [3.63, 3.8) is 0 Å². The van der Waals surface area contributed by atoms with Crippen molar-refractivity contribution >= 4 is 34.3 Å². The number of amides is 1. The monoisotopic (exact) mass is 378 g/mol. The number of hydrogen-bond donors (Lipinski definition) is 2. The van der Waals surface area contributed by atoms with Gasteiger partial charge in [-0.2, -0.15) is 0 Å². The molecule has 2 heterocycles. The summed E-state index contributed by atoms with van der Waals surface area (Å²) in [5.41, 5.74) is 4.98. The number of nitrogens with one attached hydrogen (secondary N) is 2. The molecule has 2 N–H and O–H groups in total. The van der Waals surface area contributed by atoms with Gasteiger partial charge in [0.15, 0.2) is 0 Å². The molecule has 0 bridgehead atoms. The number of aromatic amines is 1. The van der Waals surface area contributed by atoms with Gasteiger partial charge in [-0.05, 0) is 43.2 Å². The third kappa shape index (κ3) is 3.73. The lowest BCUT2D eigenvalue weighted by molar-refractivity contribution is -0.113. The minimum absolute atomic E-state index is 0.116. The molecule has 0 unspecified atom stereocenters. The highest BCUT2D eigenvalue weighted by molar-refractivity contribution is 7.99. The minimum atomic E-state index is -0.116. The van der Waals surface area contributed by atoms with Gasteiger partial charge in [0.1, 0.15) is 0 Å². The van der Waals surface area contributed by atoms with Crippen LogP contribution in [-0.2, 0) is 4.79 Å². The number of para-hydroxylation sites is 1. The first-order valence-corrected chi connectivity index (χ1v) is 9.48. The van der Waals surface area contributed by atoms with Crippen molar-refractivity contribution < 1.29 is 9.21 Å². The summed E-state index contributed by atoms with van der Waals surface area (Å²) in [6, 6.07) is 13.8. The maximum Gasteiger partial charge on any atom is 0.277 e. The van der Waals surface area contributed by atoms with Crippen molar-refractivity contribution in [2.75, 3.05) is 11.1 Å². The second kappa shape index (κ2) is 7.28. The SMILES string of the molecule is Cc1ccc(NC(=O)CSc2nnc(-c3c[nH]c4ccccc34)o2)cc1C. The lowest BCUT2D eigenvalue weighted by atomic mass is 10.1. The van der Waals surface area contributed by atoms with E-state index in [0.29, 0.717) is 11.1 Å². The molecule has 0 aliphatic heterocycles. The van der Waals surface area contributed by atoms with E-state index in [1.807, 2.05) is 62.5 Å². The second-order valence-electron chi connectivity index (χ2n) is 6.26. The molecule has 0 atom stereocenters. The number of benzene rings is 2. The van der Waals surface area contributed by atoms with Gasteiger partial charge in [0.2, 0.25) is 5.91 Å². The Labute approximate surface area is 160 Å². The Morgan fingerprint density at radius 1 is 1.15 bits per heavy atom. The standard InChI is InChI=1S/C20H18N4O2S/c1-12-7-8-14(9-13(12)2)22-18(25)11-27-20-24-23-19(26-20)16-10-21-17-6-4-3-5-15(16)17/h3-10,21H,11H2,1-2H3,(H,22,25). The quantitative estimate of drug-likeness (QED) is 0.497. The number of H-pyrrole nitrogens is 1. The summed E-state index contributed by atoms with van der Waals surface area (Å²) in [6.07, 6.45) is 1.85. The fraction of sp³-hybridized carbons (Fsp3) is 0.150. The minimum Gasteiger partial charge on any atom is -0.411 e. The van der Waals surface area contributed by atoms with Crippen LogP contribution in [-0.4, -0.2) is 26.8 Å². The predicted octanol–water partition coefficient (Wildman–Crippen LogP) is 4.57. The topological polar surface area (TPSA) is 83.8 Å². The third-order valence-corrected chi connectivity index (χ3v) is 5.16. The van der Waals surface area contributed by atoms with Crippen LogP contribution in [0.4, 0.5) is 5.69 Å². The van der Waals surface area contributed by atoms with Gasteiger partial charge in [-0.15, -0.1) is 10.2 Å². The van der Waals surface area contributed by atoms with Crippen molar-refractivity contribution in [2.24, 2.45) is 0 Å².